The molecule has 3 aromatic rings. The molecule has 8 heteroatoms. The Balaban J connectivity index is 1.71. The average Bonchev–Trinajstić information content (AvgIpc) is 2.74. The number of carbonyl (C=O) groups excluding carboxylic acids is 2. The first-order valence-corrected chi connectivity index (χ1v) is 10.2. The Hall–Kier alpha value is -2.58. The predicted octanol–water partition coefficient (Wildman–Crippen LogP) is 6.20. The molecule has 0 aliphatic rings. The van der Waals surface area contributed by atoms with Crippen LogP contribution in [0.25, 0.3) is 0 Å². The summed E-state index contributed by atoms with van der Waals surface area (Å²) < 4.78 is 38.4. The van der Waals surface area contributed by atoms with Crippen LogP contribution in [0.3, 0.4) is 0 Å². The minimum absolute atomic E-state index is 0.00772. The number of benzene rings is 3. The zero-order valence-corrected chi connectivity index (χ0v) is 18.5. The van der Waals surface area contributed by atoms with Crippen LogP contribution in [-0.4, -0.2) is 11.9 Å². The quantitative estimate of drug-likeness (QED) is 0.350. The van der Waals surface area contributed by atoms with E-state index in [1.54, 1.807) is 12.1 Å². The van der Waals surface area contributed by atoms with E-state index in [0.29, 0.717) is 20.1 Å². The van der Waals surface area contributed by atoms with Gasteiger partial charge in [-0.25, -0.2) is 18.4 Å². The molecule has 0 spiro atoms. The minimum atomic E-state index is -0.759. The summed E-state index contributed by atoms with van der Waals surface area (Å²) in [4.78, 5) is 25.0. The van der Waals surface area contributed by atoms with Gasteiger partial charge in [-0.15, -0.1) is 0 Å². The van der Waals surface area contributed by atoms with Gasteiger partial charge < -0.3 is 9.47 Å². The summed E-state index contributed by atoms with van der Waals surface area (Å²) in [5, 5.41) is 0. The van der Waals surface area contributed by atoms with E-state index in [2.05, 4.69) is 31.9 Å². The number of carbonyl (C=O) groups is 2. The molecule has 0 saturated heterocycles. The van der Waals surface area contributed by atoms with E-state index in [-0.39, 0.29) is 24.3 Å². The van der Waals surface area contributed by atoms with Crippen LogP contribution < -0.4 is 0 Å². The van der Waals surface area contributed by atoms with Gasteiger partial charge in [0.2, 0.25) is 0 Å². The van der Waals surface area contributed by atoms with E-state index in [1.165, 1.54) is 48.5 Å². The fourth-order valence-corrected chi connectivity index (χ4v) is 3.31. The Labute approximate surface area is 188 Å². The minimum Gasteiger partial charge on any atom is -0.457 e. The molecule has 0 saturated carbocycles. The molecule has 0 radical (unpaired) electrons. The lowest BCUT2D eigenvalue weighted by atomic mass is 10.1. The van der Waals surface area contributed by atoms with E-state index >= 15 is 0 Å². The SMILES string of the molecule is O=C(OCc1cc(F)ccc1Br)c1ccccc1C(=O)OCc1cc(F)ccc1Br. The second-order valence-corrected chi connectivity index (χ2v) is 7.88. The van der Waals surface area contributed by atoms with Crippen molar-refractivity contribution < 1.29 is 27.8 Å². The number of rotatable bonds is 6. The van der Waals surface area contributed by atoms with Crippen LogP contribution in [0.1, 0.15) is 31.8 Å². The summed E-state index contributed by atoms with van der Waals surface area (Å²) in [6.45, 7) is -0.367. The standard InChI is InChI=1S/C22H14Br2F2O4/c23-19-7-5-15(25)9-13(19)11-29-21(27)17-3-1-2-4-18(17)22(28)30-12-14-10-16(26)6-8-20(14)24/h1-10H,11-12H2. The predicted molar refractivity (Wildman–Crippen MR) is 113 cm³/mol. The van der Waals surface area contributed by atoms with Crippen LogP contribution in [0.2, 0.25) is 0 Å². The number of hydrogen-bond acceptors (Lipinski definition) is 4. The molecule has 3 rings (SSSR count). The highest BCUT2D eigenvalue weighted by atomic mass is 79.9. The monoisotopic (exact) mass is 538 g/mol. The van der Waals surface area contributed by atoms with Crippen molar-refractivity contribution in [2.24, 2.45) is 0 Å². The van der Waals surface area contributed by atoms with Gasteiger partial charge in [-0.1, -0.05) is 44.0 Å². The molecule has 0 aliphatic heterocycles. The molecule has 0 aliphatic carbocycles. The maximum absolute atomic E-state index is 13.4. The Morgan fingerprint density at radius 3 is 1.50 bits per heavy atom. The van der Waals surface area contributed by atoms with Gasteiger partial charge in [-0.3, -0.25) is 0 Å². The Morgan fingerprint density at radius 2 is 1.10 bits per heavy atom. The summed E-state index contributed by atoms with van der Waals surface area (Å²) in [6.07, 6.45) is 0. The first kappa shape index (κ1) is 22.1. The van der Waals surface area contributed by atoms with Crippen molar-refractivity contribution in [1.29, 1.82) is 0 Å². The molecule has 0 heterocycles. The van der Waals surface area contributed by atoms with Crippen molar-refractivity contribution in [3.05, 3.63) is 103 Å². The van der Waals surface area contributed by atoms with Crippen LogP contribution >= 0.6 is 31.9 Å². The van der Waals surface area contributed by atoms with Gasteiger partial charge in [0.1, 0.15) is 24.8 Å². The lowest BCUT2D eigenvalue weighted by Gasteiger charge is -2.11. The lowest BCUT2D eigenvalue weighted by molar-refractivity contribution is 0.0424. The van der Waals surface area contributed by atoms with E-state index in [9.17, 15) is 18.4 Å². The van der Waals surface area contributed by atoms with Crippen molar-refractivity contribution in [2.75, 3.05) is 0 Å². The zero-order chi connectivity index (χ0) is 21.7. The zero-order valence-electron chi connectivity index (χ0n) is 15.3. The van der Waals surface area contributed by atoms with Crippen LogP contribution in [0.4, 0.5) is 8.78 Å². The first-order valence-electron chi connectivity index (χ1n) is 8.66. The van der Waals surface area contributed by atoms with Crippen molar-refractivity contribution in [2.45, 2.75) is 13.2 Å². The number of hydrogen-bond donors (Lipinski definition) is 0. The molecule has 0 bridgehead atoms. The second kappa shape index (κ2) is 9.95. The molecule has 4 nitrogen and oxygen atoms in total. The number of ether oxygens (including phenoxy) is 2. The van der Waals surface area contributed by atoms with Gasteiger partial charge in [-0.2, -0.15) is 0 Å². The summed E-state index contributed by atoms with van der Waals surface area (Å²) in [5.74, 6) is -2.44. The summed E-state index contributed by atoms with van der Waals surface area (Å²) in [6, 6.07) is 14.1. The van der Waals surface area contributed by atoms with E-state index in [0.717, 1.165) is 0 Å². The molecule has 154 valence electrons. The molecule has 0 fully saturated rings. The molecular formula is C22H14Br2F2O4. The fourth-order valence-electron chi connectivity index (χ4n) is 2.59. The Kier molecular flexibility index (Phi) is 7.33. The van der Waals surface area contributed by atoms with Gasteiger partial charge >= 0.3 is 11.9 Å². The normalized spacial score (nSPS) is 10.5. The second-order valence-electron chi connectivity index (χ2n) is 6.17. The molecular weight excluding hydrogens is 526 g/mol. The first-order chi connectivity index (χ1) is 14.3. The van der Waals surface area contributed by atoms with Gasteiger partial charge in [0.15, 0.2) is 0 Å². The van der Waals surface area contributed by atoms with E-state index in [1.807, 2.05) is 0 Å². The number of halogens is 4. The highest BCUT2D eigenvalue weighted by Crippen LogP contribution is 2.22. The van der Waals surface area contributed by atoms with Crippen molar-refractivity contribution in [3.8, 4) is 0 Å². The lowest BCUT2D eigenvalue weighted by Crippen LogP contribution is -2.14. The maximum Gasteiger partial charge on any atom is 0.339 e. The molecule has 0 atom stereocenters. The third-order valence-electron chi connectivity index (χ3n) is 4.10. The highest BCUT2D eigenvalue weighted by molar-refractivity contribution is 9.10. The summed E-state index contributed by atoms with van der Waals surface area (Å²) in [5.41, 5.74) is 0.903. The van der Waals surface area contributed by atoms with Crippen molar-refractivity contribution in [3.63, 3.8) is 0 Å². The van der Waals surface area contributed by atoms with Gasteiger partial charge in [-0.05, 0) is 48.5 Å². The Bertz CT molecular complexity index is 1020. The molecule has 0 aromatic heterocycles. The summed E-state index contributed by atoms with van der Waals surface area (Å²) in [7, 11) is 0. The van der Waals surface area contributed by atoms with Crippen molar-refractivity contribution in [1.82, 2.24) is 0 Å². The molecule has 0 unspecified atom stereocenters. The molecule has 30 heavy (non-hydrogen) atoms. The van der Waals surface area contributed by atoms with Crippen molar-refractivity contribution >= 4 is 43.8 Å². The molecule has 0 N–H and O–H groups in total. The Morgan fingerprint density at radius 1 is 0.700 bits per heavy atom. The number of esters is 2. The van der Waals surface area contributed by atoms with Crippen LogP contribution in [0.5, 0.6) is 0 Å². The van der Waals surface area contributed by atoms with Crippen LogP contribution in [0.15, 0.2) is 69.6 Å². The largest absolute Gasteiger partial charge is 0.457 e. The van der Waals surface area contributed by atoms with Crippen LogP contribution in [-0.2, 0) is 22.7 Å². The smallest absolute Gasteiger partial charge is 0.339 e. The topological polar surface area (TPSA) is 52.6 Å². The van der Waals surface area contributed by atoms with E-state index < -0.39 is 23.6 Å². The van der Waals surface area contributed by atoms with Crippen LogP contribution in [0, 0.1) is 11.6 Å². The average molecular weight is 540 g/mol. The van der Waals surface area contributed by atoms with Gasteiger partial charge in [0.25, 0.3) is 0 Å². The maximum atomic E-state index is 13.4. The third-order valence-corrected chi connectivity index (χ3v) is 5.65. The highest BCUT2D eigenvalue weighted by Gasteiger charge is 2.20. The van der Waals surface area contributed by atoms with E-state index in [4.69, 9.17) is 9.47 Å². The summed E-state index contributed by atoms with van der Waals surface area (Å²) >= 11 is 6.53. The van der Waals surface area contributed by atoms with Gasteiger partial charge in [0, 0.05) is 20.1 Å². The third kappa shape index (κ3) is 5.52. The molecule has 3 aromatic carbocycles. The van der Waals surface area contributed by atoms with Gasteiger partial charge in [0.05, 0.1) is 11.1 Å². The fraction of sp³-hybridized carbons (Fsp3) is 0.0909. The molecule has 0 amide bonds.